The molecule has 102 valence electrons. The standard InChI is InChI=1S/C15H25NOS/c1-12(2)13-6-7-14(15(10-13)17-4)11-16(3)8-5-9-18/h6-7,10,12,18H,5,8-9,11H2,1-4H3. The van der Waals surface area contributed by atoms with Gasteiger partial charge in [0.05, 0.1) is 7.11 Å². The van der Waals surface area contributed by atoms with Crippen molar-refractivity contribution >= 4 is 12.6 Å². The molecule has 0 bridgehead atoms. The third-order valence-electron chi connectivity index (χ3n) is 3.12. The number of hydrogen-bond donors (Lipinski definition) is 1. The van der Waals surface area contributed by atoms with Crippen LogP contribution >= 0.6 is 12.6 Å². The number of methoxy groups -OCH3 is 1. The first-order valence-electron chi connectivity index (χ1n) is 6.54. The molecule has 0 spiro atoms. The SMILES string of the molecule is COc1cc(C(C)C)ccc1CN(C)CCCS. The molecule has 0 atom stereocenters. The average Bonchev–Trinajstić information content (AvgIpc) is 2.36. The number of rotatable bonds is 7. The van der Waals surface area contributed by atoms with E-state index in [1.165, 1.54) is 11.1 Å². The minimum Gasteiger partial charge on any atom is -0.496 e. The summed E-state index contributed by atoms with van der Waals surface area (Å²) in [6.07, 6.45) is 1.12. The van der Waals surface area contributed by atoms with E-state index in [1.807, 2.05) is 0 Å². The van der Waals surface area contributed by atoms with Crippen molar-refractivity contribution in [2.45, 2.75) is 32.7 Å². The Hall–Kier alpha value is -0.670. The monoisotopic (exact) mass is 267 g/mol. The van der Waals surface area contributed by atoms with Gasteiger partial charge in [0.25, 0.3) is 0 Å². The van der Waals surface area contributed by atoms with Gasteiger partial charge in [0, 0.05) is 12.1 Å². The highest BCUT2D eigenvalue weighted by atomic mass is 32.1. The number of thiol groups is 1. The summed E-state index contributed by atoms with van der Waals surface area (Å²) in [6.45, 7) is 6.40. The van der Waals surface area contributed by atoms with Crippen LogP contribution in [-0.2, 0) is 6.54 Å². The summed E-state index contributed by atoms with van der Waals surface area (Å²) in [5.41, 5.74) is 2.58. The van der Waals surface area contributed by atoms with E-state index in [-0.39, 0.29) is 0 Å². The Balaban J connectivity index is 2.76. The van der Waals surface area contributed by atoms with E-state index in [1.54, 1.807) is 7.11 Å². The molecule has 0 aliphatic carbocycles. The second-order valence-corrected chi connectivity index (χ2v) is 5.49. The van der Waals surface area contributed by atoms with E-state index in [0.717, 1.165) is 31.0 Å². The van der Waals surface area contributed by atoms with Crippen LogP contribution in [0.2, 0.25) is 0 Å². The fourth-order valence-corrected chi connectivity index (χ4v) is 2.10. The van der Waals surface area contributed by atoms with Gasteiger partial charge in [-0.25, -0.2) is 0 Å². The zero-order chi connectivity index (χ0) is 13.5. The maximum atomic E-state index is 5.50. The van der Waals surface area contributed by atoms with E-state index < -0.39 is 0 Å². The first kappa shape index (κ1) is 15.4. The molecule has 0 N–H and O–H groups in total. The average molecular weight is 267 g/mol. The van der Waals surface area contributed by atoms with E-state index in [4.69, 9.17) is 4.74 Å². The molecular weight excluding hydrogens is 242 g/mol. The number of benzene rings is 1. The van der Waals surface area contributed by atoms with Crippen molar-refractivity contribution in [3.63, 3.8) is 0 Å². The lowest BCUT2D eigenvalue weighted by molar-refractivity contribution is 0.318. The lowest BCUT2D eigenvalue weighted by atomic mass is 10.0. The van der Waals surface area contributed by atoms with Crippen LogP contribution in [0, 0.1) is 0 Å². The molecule has 0 amide bonds. The molecule has 0 saturated heterocycles. The van der Waals surface area contributed by atoms with Gasteiger partial charge in [-0.15, -0.1) is 0 Å². The van der Waals surface area contributed by atoms with Crippen LogP contribution in [0.1, 0.15) is 37.3 Å². The zero-order valence-electron chi connectivity index (χ0n) is 11.9. The highest BCUT2D eigenvalue weighted by molar-refractivity contribution is 7.80. The Kier molecular flexibility index (Phi) is 6.58. The molecule has 1 aromatic carbocycles. The maximum absolute atomic E-state index is 5.50. The summed E-state index contributed by atoms with van der Waals surface area (Å²) in [5, 5.41) is 0. The third-order valence-corrected chi connectivity index (χ3v) is 3.43. The molecule has 0 radical (unpaired) electrons. The van der Waals surface area contributed by atoms with Crippen molar-refractivity contribution in [3.05, 3.63) is 29.3 Å². The largest absolute Gasteiger partial charge is 0.496 e. The van der Waals surface area contributed by atoms with Crippen LogP contribution in [0.3, 0.4) is 0 Å². The van der Waals surface area contributed by atoms with Gasteiger partial charge in [0.1, 0.15) is 5.75 Å². The molecule has 1 aromatic rings. The second-order valence-electron chi connectivity index (χ2n) is 5.04. The first-order chi connectivity index (χ1) is 8.58. The molecular formula is C15H25NOS. The van der Waals surface area contributed by atoms with Crippen molar-refractivity contribution in [1.82, 2.24) is 4.90 Å². The van der Waals surface area contributed by atoms with Crippen molar-refractivity contribution in [2.24, 2.45) is 0 Å². The highest BCUT2D eigenvalue weighted by Gasteiger charge is 2.08. The van der Waals surface area contributed by atoms with Gasteiger partial charge in [0.2, 0.25) is 0 Å². The van der Waals surface area contributed by atoms with Gasteiger partial charge < -0.3 is 9.64 Å². The van der Waals surface area contributed by atoms with Crippen LogP contribution in [0.25, 0.3) is 0 Å². The molecule has 0 aliphatic heterocycles. The van der Waals surface area contributed by atoms with Crippen LogP contribution in [0.4, 0.5) is 0 Å². The summed E-state index contributed by atoms with van der Waals surface area (Å²) in [4.78, 5) is 2.31. The van der Waals surface area contributed by atoms with Crippen molar-refractivity contribution in [3.8, 4) is 5.75 Å². The van der Waals surface area contributed by atoms with Crippen LogP contribution in [0.5, 0.6) is 5.75 Å². The van der Waals surface area contributed by atoms with Gasteiger partial charge in [0.15, 0.2) is 0 Å². The van der Waals surface area contributed by atoms with Crippen molar-refractivity contribution in [1.29, 1.82) is 0 Å². The normalized spacial score (nSPS) is 11.3. The van der Waals surface area contributed by atoms with Gasteiger partial charge in [-0.2, -0.15) is 12.6 Å². The van der Waals surface area contributed by atoms with E-state index in [2.05, 4.69) is 56.6 Å². The molecule has 0 aliphatic rings. The van der Waals surface area contributed by atoms with Gasteiger partial charge in [-0.1, -0.05) is 26.0 Å². The lowest BCUT2D eigenvalue weighted by Crippen LogP contribution is -2.19. The van der Waals surface area contributed by atoms with Crippen LogP contribution in [0.15, 0.2) is 18.2 Å². The summed E-state index contributed by atoms with van der Waals surface area (Å²) < 4.78 is 5.50. The van der Waals surface area contributed by atoms with Crippen molar-refractivity contribution in [2.75, 3.05) is 26.5 Å². The Morgan fingerprint density at radius 1 is 1.33 bits per heavy atom. The maximum Gasteiger partial charge on any atom is 0.123 e. The quantitative estimate of drug-likeness (QED) is 0.758. The summed E-state index contributed by atoms with van der Waals surface area (Å²) >= 11 is 4.24. The molecule has 0 fully saturated rings. The van der Waals surface area contributed by atoms with Gasteiger partial charge in [-0.05, 0) is 43.3 Å². The predicted molar refractivity (Wildman–Crippen MR) is 81.9 cm³/mol. The molecule has 0 aromatic heterocycles. The third kappa shape index (κ3) is 4.54. The highest BCUT2D eigenvalue weighted by Crippen LogP contribution is 2.25. The topological polar surface area (TPSA) is 12.5 Å². The molecule has 0 heterocycles. The Bertz CT molecular complexity index is 366. The first-order valence-corrected chi connectivity index (χ1v) is 7.18. The Morgan fingerprint density at radius 3 is 2.61 bits per heavy atom. The lowest BCUT2D eigenvalue weighted by Gasteiger charge is -2.19. The smallest absolute Gasteiger partial charge is 0.123 e. The van der Waals surface area contributed by atoms with E-state index >= 15 is 0 Å². The van der Waals surface area contributed by atoms with Crippen LogP contribution < -0.4 is 4.74 Å². The van der Waals surface area contributed by atoms with E-state index in [0.29, 0.717) is 5.92 Å². The zero-order valence-corrected chi connectivity index (χ0v) is 12.8. The summed E-state index contributed by atoms with van der Waals surface area (Å²) in [7, 11) is 3.88. The fourth-order valence-electron chi connectivity index (χ4n) is 1.96. The molecule has 0 saturated carbocycles. The number of nitrogens with zero attached hydrogens (tertiary/aromatic N) is 1. The summed E-state index contributed by atoms with van der Waals surface area (Å²) in [5.74, 6) is 2.47. The predicted octanol–water partition coefficient (Wildman–Crippen LogP) is 3.57. The van der Waals surface area contributed by atoms with Gasteiger partial charge in [-0.3, -0.25) is 0 Å². The summed E-state index contributed by atoms with van der Waals surface area (Å²) in [6, 6.07) is 6.55. The molecule has 0 unspecified atom stereocenters. The van der Waals surface area contributed by atoms with Crippen LogP contribution in [-0.4, -0.2) is 31.4 Å². The molecule has 2 nitrogen and oxygen atoms in total. The minimum absolute atomic E-state index is 0.537. The minimum atomic E-state index is 0.537. The van der Waals surface area contributed by atoms with E-state index in [9.17, 15) is 0 Å². The number of ether oxygens (including phenoxy) is 1. The Labute approximate surface area is 117 Å². The Morgan fingerprint density at radius 2 is 2.06 bits per heavy atom. The van der Waals surface area contributed by atoms with Gasteiger partial charge >= 0.3 is 0 Å². The fraction of sp³-hybridized carbons (Fsp3) is 0.600. The second kappa shape index (κ2) is 7.70. The van der Waals surface area contributed by atoms with Crippen molar-refractivity contribution < 1.29 is 4.74 Å². The number of hydrogen-bond acceptors (Lipinski definition) is 3. The molecule has 18 heavy (non-hydrogen) atoms. The molecule has 1 rings (SSSR count). The molecule has 3 heteroatoms.